The highest BCUT2D eigenvalue weighted by atomic mass is 32.2. The number of anilines is 1. The van der Waals surface area contributed by atoms with Crippen molar-refractivity contribution in [3.8, 4) is 0 Å². The molecular formula is C16H22N4O4S. The SMILES string of the molecule is Cc1cc(NC(=O)c2ccc(S(=O)(=O)NCCCN(C)C)cc2)no1. The van der Waals surface area contributed by atoms with Crippen LogP contribution in [0, 0.1) is 6.92 Å². The van der Waals surface area contributed by atoms with E-state index in [2.05, 4.69) is 15.2 Å². The van der Waals surface area contributed by atoms with Crippen LogP contribution in [0.5, 0.6) is 0 Å². The summed E-state index contributed by atoms with van der Waals surface area (Å²) in [6, 6.07) is 7.30. The van der Waals surface area contributed by atoms with Gasteiger partial charge >= 0.3 is 0 Å². The summed E-state index contributed by atoms with van der Waals surface area (Å²) in [7, 11) is 0.275. The Kier molecular flexibility index (Phi) is 6.29. The van der Waals surface area contributed by atoms with Crippen molar-refractivity contribution in [2.75, 3.05) is 32.5 Å². The highest BCUT2D eigenvalue weighted by Gasteiger charge is 2.15. The molecular weight excluding hydrogens is 344 g/mol. The Hall–Kier alpha value is -2.23. The predicted octanol–water partition coefficient (Wildman–Crippen LogP) is 1.47. The van der Waals surface area contributed by atoms with Crippen LogP contribution in [0.25, 0.3) is 0 Å². The summed E-state index contributed by atoms with van der Waals surface area (Å²) < 4.78 is 31.8. The van der Waals surface area contributed by atoms with Crippen LogP contribution in [-0.2, 0) is 10.0 Å². The second kappa shape index (κ2) is 8.24. The van der Waals surface area contributed by atoms with Crippen molar-refractivity contribution in [2.45, 2.75) is 18.2 Å². The lowest BCUT2D eigenvalue weighted by Gasteiger charge is -2.10. The van der Waals surface area contributed by atoms with E-state index in [1.165, 1.54) is 24.3 Å². The molecule has 8 nitrogen and oxygen atoms in total. The molecule has 25 heavy (non-hydrogen) atoms. The summed E-state index contributed by atoms with van der Waals surface area (Å²) in [6.07, 6.45) is 0.712. The van der Waals surface area contributed by atoms with Crippen LogP contribution in [0.3, 0.4) is 0 Å². The van der Waals surface area contributed by atoms with E-state index >= 15 is 0 Å². The first-order chi connectivity index (χ1) is 11.8. The number of nitrogens with zero attached hydrogens (tertiary/aromatic N) is 2. The average molecular weight is 366 g/mol. The molecule has 2 rings (SSSR count). The van der Waals surface area contributed by atoms with Crippen LogP contribution < -0.4 is 10.0 Å². The zero-order valence-electron chi connectivity index (χ0n) is 14.4. The fraction of sp³-hybridized carbons (Fsp3) is 0.375. The van der Waals surface area contributed by atoms with Crippen molar-refractivity contribution in [3.05, 3.63) is 41.7 Å². The van der Waals surface area contributed by atoms with Crippen LogP contribution in [0.4, 0.5) is 5.82 Å². The van der Waals surface area contributed by atoms with Gasteiger partial charge in [-0.1, -0.05) is 5.16 Å². The van der Waals surface area contributed by atoms with Gasteiger partial charge in [-0.2, -0.15) is 0 Å². The van der Waals surface area contributed by atoms with Crippen LogP contribution in [0.15, 0.2) is 39.8 Å². The molecule has 0 atom stereocenters. The number of aromatic nitrogens is 1. The summed E-state index contributed by atoms with van der Waals surface area (Å²) in [6.45, 7) is 2.87. The Labute approximate surface area is 147 Å². The van der Waals surface area contributed by atoms with E-state index in [1.807, 2.05) is 19.0 Å². The Morgan fingerprint density at radius 2 is 1.92 bits per heavy atom. The molecule has 0 aliphatic heterocycles. The molecule has 0 saturated heterocycles. The number of amides is 1. The minimum atomic E-state index is -3.58. The summed E-state index contributed by atoms with van der Waals surface area (Å²) in [5.74, 6) is 0.495. The summed E-state index contributed by atoms with van der Waals surface area (Å²) in [5, 5.41) is 6.25. The number of hydrogen-bond donors (Lipinski definition) is 2. The third-order valence-electron chi connectivity index (χ3n) is 3.37. The smallest absolute Gasteiger partial charge is 0.256 e. The molecule has 0 bridgehead atoms. The van der Waals surface area contributed by atoms with Gasteiger partial charge in [-0.3, -0.25) is 4.79 Å². The van der Waals surface area contributed by atoms with Crippen molar-refractivity contribution >= 4 is 21.7 Å². The lowest BCUT2D eigenvalue weighted by Crippen LogP contribution is -2.27. The third-order valence-corrected chi connectivity index (χ3v) is 4.85. The molecule has 0 unspecified atom stereocenters. The van der Waals surface area contributed by atoms with Gasteiger partial charge in [0.2, 0.25) is 10.0 Å². The molecule has 1 aromatic heterocycles. The molecule has 1 amide bonds. The average Bonchev–Trinajstić information content (AvgIpc) is 2.96. The van der Waals surface area contributed by atoms with E-state index in [0.717, 1.165) is 6.54 Å². The Bertz CT molecular complexity index is 813. The number of nitrogens with one attached hydrogen (secondary N) is 2. The van der Waals surface area contributed by atoms with Gasteiger partial charge in [-0.15, -0.1) is 0 Å². The number of rotatable bonds is 8. The van der Waals surface area contributed by atoms with Crippen LogP contribution in [0.2, 0.25) is 0 Å². The van der Waals surface area contributed by atoms with Crippen molar-refractivity contribution in [1.82, 2.24) is 14.8 Å². The van der Waals surface area contributed by atoms with Crippen LogP contribution in [-0.4, -0.2) is 51.6 Å². The van der Waals surface area contributed by atoms with Gasteiger partial charge in [0.15, 0.2) is 5.82 Å². The normalized spacial score (nSPS) is 11.7. The second-order valence-electron chi connectivity index (χ2n) is 5.86. The number of carbonyl (C=O) groups excluding carboxylic acids is 1. The summed E-state index contributed by atoms with van der Waals surface area (Å²) in [5.41, 5.74) is 0.326. The first kappa shape index (κ1) is 19.1. The Balaban J connectivity index is 1.97. The molecule has 136 valence electrons. The van der Waals surface area contributed by atoms with Gasteiger partial charge in [-0.25, -0.2) is 13.1 Å². The molecule has 0 saturated carbocycles. The molecule has 2 N–H and O–H groups in total. The van der Waals surface area contributed by atoms with Crippen LogP contribution >= 0.6 is 0 Å². The van der Waals surface area contributed by atoms with Gasteiger partial charge in [0.1, 0.15) is 5.76 Å². The van der Waals surface area contributed by atoms with E-state index in [4.69, 9.17) is 4.52 Å². The van der Waals surface area contributed by atoms with Gasteiger partial charge < -0.3 is 14.7 Å². The zero-order chi connectivity index (χ0) is 18.4. The molecule has 2 aromatic rings. The van der Waals surface area contributed by atoms with E-state index in [1.54, 1.807) is 13.0 Å². The number of benzene rings is 1. The van der Waals surface area contributed by atoms with Crippen molar-refractivity contribution < 1.29 is 17.7 Å². The maximum atomic E-state index is 12.2. The molecule has 9 heteroatoms. The number of aryl methyl sites for hydroxylation is 1. The van der Waals surface area contributed by atoms with Crippen molar-refractivity contribution in [1.29, 1.82) is 0 Å². The monoisotopic (exact) mass is 366 g/mol. The Morgan fingerprint density at radius 1 is 1.24 bits per heavy atom. The lowest BCUT2D eigenvalue weighted by atomic mass is 10.2. The van der Waals surface area contributed by atoms with E-state index < -0.39 is 15.9 Å². The fourth-order valence-corrected chi connectivity index (χ4v) is 3.16. The predicted molar refractivity (Wildman–Crippen MR) is 94.0 cm³/mol. The van der Waals surface area contributed by atoms with Gasteiger partial charge in [-0.05, 0) is 58.3 Å². The third kappa shape index (κ3) is 5.66. The topological polar surface area (TPSA) is 105 Å². The minimum Gasteiger partial charge on any atom is -0.360 e. The van der Waals surface area contributed by atoms with Gasteiger partial charge in [0.25, 0.3) is 5.91 Å². The molecule has 1 heterocycles. The Morgan fingerprint density at radius 3 is 2.48 bits per heavy atom. The molecule has 0 fully saturated rings. The molecule has 0 aliphatic rings. The van der Waals surface area contributed by atoms with Gasteiger partial charge in [0, 0.05) is 18.2 Å². The first-order valence-electron chi connectivity index (χ1n) is 7.77. The highest BCUT2D eigenvalue weighted by molar-refractivity contribution is 7.89. The molecule has 0 spiro atoms. The molecule has 0 radical (unpaired) electrons. The van der Waals surface area contributed by atoms with E-state index in [0.29, 0.717) is 30.1 Å². The quantitative estimate of drug-likeness (QED) is 0.686. The second-order valence-corrected chi connectivity index (χ2v) is 7.62. The molecule has 1 aromatic carbocycles. The van der Waals surface area contributed by atoms with Crippen LogP contribution in [0.1, 0.15) is 22.5 Å². The summed E-state index contributed by atoms with van der Waals surface area (Å²) in [4.78, 5) is 14.2. The van der Waals surface area contributed by atoms with Crippen molar-refractivity contribution in [3.63, 3.8) is 0 Å². The zero-order valence-corrected chi connectivity index (χ0v) is 15.3. The van der Waals surface area contributed by atoms with Crippen molar-refractivity contribution in [2.24, 2.45) is 0 Å². The maximum absolute atomic E-state index is 12.2. The number of carbonyl (C=O) groups is 1. The standard InChI is InChI=1S/C16H22N4O4S/c1-12-11-15(19-24-12)18-16(21)13-5-7-14(8-6-13)25(22,23)17-9-4-10-20(2)3/h5-8,11,17H,4,9-10H2,1-3H3,(H,18,19,21). The van der Waals surface area contributed by atoms with Gasteiger partial charge in [0.05, 0.1) is 4.90 Å². The first-order valence-corrected chi connectivity index (χ1v) is 9.25. The number of sulfonamides is 1. The fourth-order valence-electron chi connectivity index (χ4n) is 2.08. The summed E-state index contributed by atoms with van der Waals surface area (Å²) >= 11 is 0. The molecule has 0 aliphatic carbocycles. The highest BCUT2D eigenvalue weighted by Crippen LogP contribution is 2.13. The maximum Gasteiger partial charge on any atom is 0.256 e. The van der Waals surface area contributed by atoms with E-state index in [-0.39, 0.29) is 4.90 Å². The minimum absolute atomic E-state index is 0.117. The number of hydrogen-bond acceptors (Lipinski definition) is 6. The largest absolute Gasteiger partial charge is 0.360 e. The lowest BCUT2D eigenvalue weighted by molar-refractivity contribution is 0.102. The van der Waals surface area contributed by atoms with E-state index in [9.17, 15) is 13.2 Å².